The van der Waals surface area contributed by atoms with Crippen LogP contribution in [0.2, 0.25) is 0 Å². The van der Waals surface area contributed by atoms with Crippen LogP contribution in [-0.4, -0.2) is 97.6 Å². The van der Waals surface area contributed by atoms with Crippen molar-refractivity contribution in [2.24, 2.45) is 0 Å². The van der Waals surface area contributed by atoms with Crippen LogP contribution in [-0.2, 0) is 0 Å². The molecule has 0 aliphatic carbocycles. The molecule has 20 heavy (non-hydrogen) atoms. The Kier molecular flexibility index (Phi) is 6.27. The highest BCUT2D eigenvalue weighted by atomic mass is 15.3. The molecule has 0 spiro atoms. The van der Waals surface area contributed by atoms with Gasteiger partial charge in [0, 0.05) is 57.9 Å². The summed E-state index contributed by atoms with van der Waals surface area (Å²) in [5.74, 6) is 0. The van der Waals surface area contributed by atoms with Crippen molar-refractivity contribution in [2.45, 2.75) is 39.3 Å². The van der Waals surface area contributed by atoms with Crippen LogP contribution in [0.1, 0.15) is 27.2 Å². The van der Waals surface area contributed by atoms with Crippen molar-refractivity contribution in [3.05, 3.63) is 0 Å². The minimum Gasteiger partial charge on any atom is -0.304 e. The molecule has 4 heteroatoms. The first-order valence-corrected chi connectivity index (χ1v) is 8.45. The fourth-order valence-electron chi connectivity index (χ4n) is 3.44. The quantitative estimate of drug-likeness (QED) is 0.764. The van der Waals surface area contributed by atoms with Crippen LogP contribution in [0.25, 0.3) is 0 Å². The van der Waals surface area contributed by atoms with Crippen LogP contribution in [0, 0.1) is 0 Å². The third-order valence-electron chi connectivity index (χ3n) is 5.04. The van der Waals surface area contributed by atoms with E-state index in [4.69, 9.17) is 0 Å². The van der Waals surface area contributed by atoms with Crippen LogP contribution in [0.5, 0.6) is 0 Å². The summed E-state index contributed by atoms with van der Waals surface area (Å²) in [6.45, 7) is 18.3. The van der Waals surface area contributed by atoms with Crippen molar-refractivity contribution in [2.75, 3.05) is 66.0 Å². The molecule has 0 aromatic heterocycles. The predicted molar refractivity (Wildman–Crippen MR) is 86.3 cm³/mol. The van der Waals surface area contributed by atoms with Gasteiger partial charge in [-0.25, -0.2) is 0 Å². The van der Waals surface area contributed by atoms with E-state index in [9.17, 15) is 0 Å². The molecule has 0 amide bonds. The predicted octanol–water partition coefficient (Wildman–Crippen LogP) is 1.04. The molecule has 2 saturated heterocycles. The van der Waals surface area contributed by atoms with Crippen molar-refractivity contribution in [3.8, 4) is 0 Å². The molecule has 2 aliphatic heterocycles. The summed E-state index contributed by atoms with van der Waals surface area (Å²) in [6.07, 6.45) is 1.33. The smallest absolute Gasteiger partial charge is 0.0195 e. The molecular weight excluding hydrogens is 248 g/mol. The van der Waals surface area contributed by atoms with E-state index in [1.54, 1.807) is 0 Å². The van der Waals surface area contributed by atoms with E-state index in [2.05, 4.69) is 47.4 Å². The second-order valence-corrected chi connectivity index (χ2v) is 6.97. The maximum absolute atomic E-state index is 2.69. The monoisotopic (exact) mass is 282 g/mol. The van der Waals surface area contributed by atoms with Gasteiger partial charge >= 0.3 is 0 Å². The standard InChI is InChI=1S/C16H34N4/c1-15(2)19-7-5-6-18(10-13-19)14-16(3)20-11-8-17(4)9-12-20/h15-16H,5-14H2,1-4H3/t16-/m1/s1. The Balaban J connectivity index is 1.75. The van der Waals surface area contributed by atoms with Gasteiger partial charge in [0.1, 0.15) is 0 Å². The second kappa shape index (κ2) is 7.74. The highest BCUT2D eigenvalue weighted by molar-refractivity contribution is 4.79. The summed E-state index contributed by atoms with van der Waals surface area (Å²) in [6, 6.07) is 1.40. The first-order chi connectivity index (χ1) is 9.56. The molecule has 2 heterocycles. The second-order valence-electron chi connectivity index (χ2n) is 6.97. The first kappa shape index (κ1) is 16.2. The molecule has 118 valence electrons. The molecule has 0 aromatic carbocycles. The van der Waals surface area contributed by atoms with Crippen molar-refractivity contribution in [3.63, 3.8) is 0 Å². The molecule has 1 atom stereocenters. The topological polar surface area (TPSA) is 13.0 Å². The van der Waals surface area contributed by atoms with Crippen molar-refractivity contribution in [1.82, 2.24) is 19.6 Å². The minimum atomic E-state index is 0.699. The highest BCUT2D eigenvalue weighted by Crippen LogP contribution is 2.10. The fraction of sp³-hybridized carbons (Fsp3) is 1.00. The van der Waals surface area contributed by atoms with Gasteiger partial charge in [-0.3, -0.25) is 9.80 Å². The number of rotatable bonds is 4. The Morgan fingerprint density at radius 1 is 0.750 bits per heavy atom. The summed E-state index contributed by atoms with van der Waals surface area (Å²) in [7, 11) is 2.23. The third-order valence-corrected chi connectivity index (χ3v) is 5.04. The zero-order valence-electron chi connectivity index (χ0n) is 14.0. The SMILES string of the molecule is CC(C)N1CCCN(C[C@@H](C)N2CCN(C)CC2)CC1. The number of likely N-dealkylation sites (N-methyl/N-ethyl adjacent to an activating group) is 1. The van der Waals surface area contributed by atoms with Crippen LogP contribution in [0.15, 0.2) is 0 Å². The third kappa shape index (κ3) is 4.69. The molecule has 2 aliphatic rings. The van der Waals surface area contributed by atoms with Gasteiger partial charge in [-0.1, -0.05) is 0 Å². The van der Waals surface area contributed by atoms with Gasteiger partial charge in [0.2, 0.25) is 0 Å². The Labute approximate surface area is 125 Å². The average molecular weight is 282 g/mol. The number of hydrogen-bond acceptors (Lipinski definition) is 4. The molecule has 4 nitrogen and oxygen atoms in total. The Morgan fingerprint density at radius 2 is 1.40 bits per heavy atom. The largest absolute Gasteiger partial charge is 0.304 e. The molecule has 2 fully saturated rings. The molecule has 0 bridgehead atoms. The fourth-order valence-corrected chi connectivity index (χ4v) is 3.44. The van der Waals surface area contributed by atoms with E-state index in [0.29, 0.717) is 12.1 Å². The summed E-state index contributed by atoms with van der Waals surface area (Å²) >= 11 is 0. The molecule has 0 unspecified atom stereocenters. The lowest BCUT2D eigenvalue weighted by molar-refractivity contribution is 0.0939. The van der Waals surface area contributed by atoms with Crippen molar-refractivity contribution < 1.29 is 0 Å². The molecule has 0 N–H and O–H groups in total. The lowest BCUT2D eigenvalue weighted by atomic mass is 10.2. The van der Waals surface area contributed by atoms with Gasteiger partial charge in [0.15, 0.2) is 0 Å². The molecule has 0 saturated carbocycles. The Hall–Kier alpha value is -0.160. The first-order valence-electron chi connectivity index (χ1n) is 8.45. The zero-order chi connectivity index (χ0) is 14.5. The van der Waals surface area contributed by atoms with Gasteiger partial charge in [0.25, 0.3) is 0 Å². The van der Waals surface area contributed by atoms with E-state index < -0.39 is 0 Å². The van der Waals surface area contributed by atoms with Crippen molar-refractivity contribution >= 4 is 0 Å². The normalized spacial score (nSPS) is 26.9. The lowest BCUT2D eigenvalue weighted by Crippen LogP contribution is -2.51. The zero-order valence-corrected chi connectivity index (χ0v) is 14.0. The molecular formula is C16H34N4. The van der Waals surface area contributed by atoms with Crippen LogP contribution >= 0.6 is 0 Å². The van der Waals surface area contributed by atoms with Gasteiger partial charge in [-0.2, -0.15) is 0 Å². The number of piperazine rings is 1. The maximum atomic E-state index is 2.69. The van der Waals surface area contributed by atoms with Crippen LogP contribution in [0.4, 0.5) is 0 Å². The van der Waals surface area contributed by atoms with E-state index in [0.717, 1.165) is 0 Å². The summed E-state index contributed by atoms with van der Waals surface area (Å²) in [5, 5.41) is 0. The van der Waals surface area contributed by atoms with Gasteiger partial charge in [-0.15, -0.1) is 0 Å². The molecule has 0 radical (unpaired) electrons. The van der Waals surface area contributed by atoms with E-state index in [-0.39, 0.29) is 0 Å². The van der Waals surface area contributed by atoms with E-state index in [1.807, 2.05) is 0 Å². The van der Waals surface area contributed by atoms with Crippen LogP contribution < -0.4 is 0 Å². The summed E-state index contributed by atoms with van der Waals surface area (Å²) in [5.41, 5.74) is 0. The summed E-state index contributed by atoms with van der Waals surface area (Å²) < 4.78 is 0. The number of nitrogens with zero attached hydrogens (tertiary/aromatic N) is 4. The van der Waals surface area contributed by atoms with E-state index >= 15 is 0 Å². The average Bonchev–Trinajstić information content (AvgIpc) is 2.65. The highest BCUT2D eigenvalue weighted by Gasteiger charge is 2.23. The molecule has 2 rings (SSSR count). The van der Waals surface area contributed by atoms with Gasteiger partial charge in [-0.05, 0) is 47.3 Å². The van der Waals surface area contributed by atoms with E-state index in [1.165, 1.54) is 65.3 Å². The minimum absolute atomic E-state index is 0.699. The molecule has 0 aromatic rings. The van der Waals surface area contributed by atoms with Gasteiger partial charge < -0.3 is 9.80 Å². The number of hydrogen-bond donors (Lipinski definition) is 0. The Morgan fingerprint density at radius 3 is 2.05 bits per heavy atom. The summed E-state index contributed by atoms with van der Waals surface area (Å²) in [4.78, 5) is 10.4. The Bertz CT molecular complexity index is 274. The lowest BCUT2D eigenvalue weighted by Gasteiger charge is -2.38. The maximum Gasteiger partial charge on any atom is 0.0195 e. The van der Waals surface area contributed by atoms with Crippen molar-refractivity contribution in [1.29, 1.82) is 0 Å². The van der Waals surface area contributed by atoms with Gasteiger partial charge in [0.05, 0.1) is 0 Å². The van der Waals surface area contributed by atoms with Crippen LogP contribution in [0.3, 0.4) is 0 Å².